The molecule has 0 aliphatic heterocycles. The maximum atomic E-state index is 10.8. The molecule has 5 aliphatic rings. The van der Waals surface area contributed by atoms with Crippen molar-refractivity contribution in [3.8, 4) is 0 Å². The molecule has 5 unspecified atom stereocenters. The van der Waals surface area contributed by atoms with Crippen molar-refractivity contribution >= 4 is 0 Å². The Morgan fingerprint density at radius 2 is 1.52 bits per heavy atom. The average molecular weight is 401 g/mol. The SMILES string of the molecule is CC(C)CCCC(C)[C@H]1CCC2C3CCC4C[C@]5(O)C[C@@H]5C[C@]4(C)C3CC[C@@]21C. The van der Waals surface area contributed by atoms with E-state index in [0.29, 0.717) is 16.7 Å². The summed E-state index contributed by atoms with van der Waals surface area (Å²) in [5.41, 5.74) is 0.930. The second kappa shape index (κ2) is 6.98. The van der Waals surface area contributed by atoms with Crippen LogP contribution in [0.25, 0.3) is 0 Å². The van der Waals surface area contributed by atoms with E-state index in [1.807, 2.05) is 0 Å². The summed E-state index contributed by atoms with van der Waals surface area (Å²) in [5, 5.41) is 10.8. The minimum atomic E-state index is -0.232. The molecule has 0 aromatic rings. The van der Waals surface area contributed by atoms with Crippen LogP contribution in [-0.4, -0.2) is 10.7 Å². The van der Waals surface area contributed by atoms with Crippen molar-refractivity contribution < 1.29 is 5.11 Å². The molecular weight excluding hydrogens is 352 g/mol. The monoisotopic (exact) mass is 400 g/mol. The number of rotatable bonds is 5. The van der Waals surface area contributed by atoms with Crippen LogP contribution in [0.2, 0.25) is 0 Å². The maximum absolute atomic E-state index is 10.8. The third-order valence-corrected chi connectivity index (χ3v) is 11.8. The smallest absolute Gasteiger partial charge is 0.0683 e. The molecule has 5 saturated carbocycles. The van der Waals surface area contributed by atoms with Gasteiger partial charge in [0.2, 0.25) is 0 Å². The van der Waals surface area contributed by atoms with E-state index in [9.17, 15) is 5.11 Å². The Kier molecular flexibility index (Phi) is 5.02. The highest BCUT2D eigenvalue weighted by molar-refractivity contribution is 5.17. The van der Waals surface area contributed by atoms with E-state index in [2.05, 4.69) is 34.6 Å². The quantitative estimate of drug-likeness (QED) is 0.507. The fourth-order valence-electron chi connectivity index (χ4n) is 10.1. The van der Waals surface area contributed by atoms with Gasteiger partial charge in [0, 0.05) is 0 Å². The van der Waals surface area contributed by atoms with Crippen molar-refractivity contribution in [3.05, 3.63) is 0 Å². The summed E-state index contributed by atoms with van der Waals surface area (Å²) in [5.74, 6) is 7.16. The first-order valence-electron chi connectivity index (χ1n) is 13.4. The third kappa shape index (κ3) is 3.18. The summed E-state index contributed by atoms with van der Waals surface area (Å²) < 4.78 is 0. The van der Waals surface area contributed by atoms with Crippen molar-refractivity contribution in [3.63, 3.8) is 0 Å². The Bertz CT molecular complexity index is 626. The molecule has 0 aromatic carbocycles. The lowest BCUT2D eigenvalue weighted by atomic mass is 9.44. The van der Waals surface area contributed by atoms with Crippen molar-refractivity contribution in [2.75, 3.05) is 0 Å². The van der Waals surface area contributed by atoms with E-state index in [4.69, 9.17) is 0 Å². The van der Waals surface area contributed by atoms with Crippen LogP contribution < -0.4 is 0 Å². The Morgan fingerprint density at radius 3 is 2.28 bits per heavy atom. The molecule has 1 nitrogen and oxygen atoms in total. The summed E-state index contributed by atoms with van der Waals surface area (Å²) >= 11 is 0. The predicted octanol–water partition coefficient (Wildman–Crippen LogP) is 7.47. The van der Waals surface area contributed by atoms with Crippen LogP contribution in [0.15, 0.2) is 0 Å². The van der Waals surface area contributed by atoms with Gasteiger partial charge >= 0.3 is 0 Å². The molecule has 5 aliphatic carbocycles. The van der Waals surface area contributed by atoms with Gasteiger partial charge in [-0.05, 0) is 116 Å². The average Bonchev–Trinajstić information content (AvgIpc) is 3.14. The van der Waals surface area contributed by atoms with Crippen molar-refractivity contribution in [2.45, 2.75) is 117 Å². The number of fused-ring (bicyclic) bond motifs is 6. The van der Waals surface area contributed by atoms with Crippen LogP contribution in [0.3, 0.4) is 0 Å². The van der Waals surface area contributed by atoms with Crippen LogP contribution in [-0.2, 0) is 0 Å². The lowest BCUT2D eigenvalue weighted by Crippen LogP contribution is -2.54. The van der Waals surface area contributed by atoms with Crippen LogP contribution in [0, 0.1) is 58.2 Å². The van der Waals surface area contributed by atoms with Gasteiger partial charge in [-0.3, -0.25) is 0 Å². The standard InChI is InChI=1S/C28H48O/c1-18(2)7-6-8-19(3)23-11-12-24-22-10-9-20-16-28(29)17-21(28)15-27(20,5)25(22)13-14-26(23,24)4/h18-25,29H,6-17H2,1-5H3/t19?,20?,21-,22?,23+,24?,25?,26+,27-,28-/m0/s1. The Labute approximate surface area is 180 Å². The number of hydrogen-bond donors (Lipinski definition) is 1. The third-order valence-electron chi connectivity index (χ3n) is 11.8. The minimum Gasteiger partial charge on any atom is -0.390 e. The van der Waals surface area contributed by atoms with Gasteiger partial charge in [-0.1, -0.05) is 53.9 Å². The van der Waals surface area contributed by atoms with Crippen LogP contribution in [0.5, 0.6) is 0 Å². The normalized spacial score (nSPS) is 54.3. The molecule has 5 fully saturated rings. The zero-order valence-corrected chi connectivity index (χ0v) is 20.1. The van der Waals surface area contributed by atoms with Crippen molar-refractivity contribution in [1.29, 1.82) is 0 Å². The van der Waals surface area contributed by atoms with Gasteiger partial charge in [0.1, 0.15) is 0 Å². The van der Waals surface area contributed by atoms with Gasteiger partial charge in [0.05, 0.1) is 5.60 Å². The first-order valence-corrected chi connectivity index (χ1v) is 13.4. The molecule has 0 spiro atoms. The topological polar surface area (TPSA) is 20.2 Å². The van der Waals surface area contributed by atoms with Gasteiger partial charge in [0.25, 0.3) is 0 Å². The zero-order valence-electron chi connectivity index (χ0n) is 20.1. The molecule has 0 heterocycles. The van der Waals surface area contributed by atoms with E-state index >= 15 is 0 Å². The van der Waals surface area contributed by atoms with Crippen molar-refractivity contribution in [2.24, 2.45) is 58.2 Å². The Balaban J connectivity index is 1.30. The predicted molar refractivity (Wildman–Crippen MR) is 122 cm³/mol. The lowest BCUT2D eigenvalue weighted by molar-refractivity contribution is -0.131. The second-order valence-electron chi connectivity index (χ2n) is 13.6. The molecule has 0 amide bonds. The number of hydrogen-bond acceptors (Lipinski definition) is 1. The van der Waals surface area contributed by atoms with E-state index in [-0.39, 0.29) is 5.60 Å². The van der Waals surface area contributed by atoms with Crippen LogP contribution in [0.1, 0.15) is 112 Å². The highest BCUT2D eigenvalue weighted by atomic mass is 16.3. The highest BCUT2D eigenvalue weighted by Gasteiger charge is 2.67. The summed E-state index contributed by atoms with van der Waals surface area (Å²) in [4.78, 5) is 0. The summed E-state index contributed by atoms with van der Waals surface area (Å²) in [7, 11) is 0. The van der Waals surface area contributed by atoms with Gasteiger partial charge in [0.15, 0.2) is 0 Å². The molecule has 0 aromatic heterocycles. The minimum absolute atomic E-state index is 0.232. The summed E-state index contributed by atoms with van der Waals surface area (Å²) in [6.45, 7) is 12.7. The first kappa shape index (κ1) is 20.8. The molecule has 1 heteroatoms. The molecule has 29 heavy (non-hydrogen) atoms. The molecule has 166 valence electrons. The van der Waals surface area contributed by atoms with E-state index < -0.39 is 0 Å². The Morgan fingerprint density at radius 1 is 0.793 bits per heavy atom. The van der Waals surface area contributed by atoms with E-state index in [1.54, 1.807) is 0 Å². The first-order chi connectivity index (χ1) is 13.7. The molecule has 0 radical (unpaired) electrons. The van der Waals surface area contributed by atoms with Gasteiger partial charge in [-0.15, -0.1) is 0 Å². The largest absolute Gasteiger partial charge is 0.390 e. The molecule has 5 rings (SSSR count). The summed E-state index contributed by atoms with van der Waals surface area (Å²) in [6, 6.07) is 0. The highest BCUT2D eigenvalue weighted by Crippen LogP contribution is 2.72. The van der Waals surface area contributed by atoms with Crippen molar-refractivity contribution in [1.82, 2.24) is 0 Å². The molecule has 0 bridgehead atoms. The fraction of sp³-hybridized carbons (Fsp3) is 1.00. The number of aliphatic hydroxyl groups is 1. The maximum Gasteiger partial charge on any atom is 0.0683 e. The van der Waals surface area contributed by atoms with E-state index in [1.165, 1.54) is 64.2 Å². The van der Waals surface area contributed by atoms with Crippen LogP contribution in [0.4, 0.5) is 0 Å². The summed E-state index contributed by atoms with van der Waals surface area (Å²) in [6.07, 6.45) is 16.8. The molecular formula is C28H48O. The van der Waals surface area contributed by atoms with Gasteiger partial charge in [-0.25, -0.2) is 0 Å². The zero-order chi connectivity index (χ0) is 20.6. The van der Waals surface area contributed by atoms with E-state index in [0.717, 1.165) is 54.3 Å². The lowest BCUT2D eigenvalue weighted by Gasteiger charge is -2.61. The second-order valence-corrected chi connectivity index (χ2v) is 13.6. The van der Waals surface area contributed by atoms with Crippen LogP contribution >= 0.6 is 0 Å². The molecule has 10 atom stereocenters. The molecule has 0 saturated heterocycles. The van der Waals surface area contributed by atoms with Gasteiger partial charge in [-0.2, -0.15) is 0 Å². The molecule has 1 N–H and O–H groups in total. The van der Waals surface area contributed by atoms with Gasteiger partial charge < -0.3 is 5.11 Å². The fourth-order valence-corrected chi connectivity index (χ4v) is 10.1. The Hall–Kier alpha value is -0.0400.